The number of hydrogen-bond acceptors (Lipinski definition) is 2. The van der Waals surface area contributed by atoms with E-state index in [-0.39, 0.29) is 5.82 Å². The predicted octanol–water partition coefficient (Wildman–Crippen LogP) is 5.13. The van der Waals surface area contributed by atoms with Crippen LogP contribution in [-0.4, -0.2) is 15.0 Å². The Balaban J connectivity index is 1.45. The smallest absolute Gasteiger partial charge is 0.142 e. The summed E-state index contributed by atoms with van der Waals surface area (Å²) in [5.74, 6) is 2.37. The molecule has 6 rings (SSSR count). The molecule has 0 aromatic carbocycles. The van der Waals surface area contributed by atoms with E-state index in [0.29, 0.717) is 5.65 Å². The largest absolute Gasteiger partial charge is 0.345 e. The van der Waals surface area contributed by atoms with Crippen LogP contribution < -0.4 is 0 Å². The molecule has 1 unspecified atom stereocenters. The van der Waals surface area contributed by atoms with Gasteiger partial charge < -0.3 is 4.98 Å². The monoisotopic (exact) mass is 335 g/mol. The molecule has 25 heavy (non-hydrogen) atoms. The molecule has 3 aromatic heterocycles. The van der Waals surface area contributed by atoms with E-state index in [0.717, 1.165) is 40.8 Å². The molecule has 1 N–H and O–H groups in total. The Morgan fingerprint density at radius 1 is 1.12 bits per heavy atom. The number of nitrogens with one attached hydrogen (secondary N) is 1. The number of H-pyrrole nitrogens is 1. The SMILES string of the molecule is Fc1cnc2[nH]cc(-c3cc(CC4CC5CCC4CC5)ccn3)c2c1. The highest BCUT2D eigenvalue weighted by Crippen LogP contribution is 2.46. The van der Waals surface area contributed by atoms with Gasteiger partial charge in [0.1, 0.15) is 11.5 Å². The van der Waals surface area contributed by atoms with Crippen molar-refractivity contribution in [3.8, 4) is 11.3 Å². The minimum absolute atomic E-state index is 0.317. The van der Waals surface area contributed by atoms with Crippen molar-refractivity contribution < 1.29 is 4.39 Å². The zero-order valence-electron chi connectivity index (χ0n) is 14.2. The van der Waals surface area contributed by atoms with E-state index < -0.39 is 0 Å². The van der Waals surface area contributed by atoms with Crippen LogP contribution in [0.15, 0.2) is 36.8 Å². The first kappa shape index (κ1) is 15.1. The van der Waals surface area contributed by atoms with Gasteiger partial charge in [-0.05, 0) is 67.2 Å². The summed E-state index contributed by atoms with van der Waals surface area (Å²) in [6.45, 7) is 0. The summed E-state index contributed by atoms with van der Waals surface area (Å²) in [6.07, 6.45) is 13.3. The molecule has 4 heteroatoms. The maximum absolute atomic E-state index is 13.6. The van der Waals surface area contributed by atoms with Crippen molar-refractivity contribution in [3.63, 3.8) is 0 Å². The average Bonchev–Trinajstić information content (AvgIpc) is 3.06. The fraction of sp³-hybridized carbons (Fsp3) is 0.429. The summed E-state index contributed by atoms with van der Waals surface area (Å²) >= 11 is 0. The molecule has 3 nitrogen and oxygen atoms in total. The summed E-state index contributed by atoms with van der Waals surface area (Å²) in [4.78, 5) is 11.8. The van der Waals surface area contributed by atoms with Crippen LogP contribution in [0.3, 0.4) is 0 Å². The Bertz CT molecular complexity index is 908. The lowest BCUT2D eigenvalue weighted by Crippen LogP contribution is -2.32. The van der Waals surface area contributed by atoms with Gasteiger partial charge in [0.15, 0.2) is 0 Å². The molecule has 0 radical (unpaired) electrons. The summed E-state index contributed by atoms with van der Waals surface area (Å²) in [6, 6.07) is 5.85. The van der Waals surface area contributed by atoms with Crippen molar-refractivity contribution in [2.45, 2.75) is 38.5 Å². The normalized spacial score (nSPS) is 25.6. The summed E-state index contributed by atoms with van der Waals surface area (Å²) in [7, 11) is 0. The van der Waals surface area contributed by atoms with Gasteiger partial charge in [-0.25, -0.2) is 9.37 Å². The molecule has 2 bridgehead atoms. The van der Waals surface area contributed by atoms with Gasteiger partial charge in [-0.2, -0.15) is 0 Å². The molecular weight excluding hydrogens is 313 g/mol. The van der Waals surface area contributed by atoms with Gasteiger partial charge in [-0.3, -0.25) is 4.98 Å². The van der Waals surface area contributed by atoms with E-state index >= 15 is 0 Å². The number of hydrogen-bond donors (Lipinski definition) is 1. The standard InChI is InChI=1S/C21H22FN3/c22-17-10-18-19(12-25-21(18)24-11-17)20-9-14(5-6-23-20)8-16-7-13-1-3-15(16)4-2-13/h5-6,9-13,15-16H,1-4,7-8H2,(H,24,25). The van der Waals surface area contributed by atoms with Crippen LogP contribution in [0.5, 0.6) is 0 Å². The number of pyridine rings is 2. The third-order valence-corrected chi connectivity index (χ3v) is 6.29. The fourth-order valence-electron chi connectivity index (χ4n) is 5.01. The highest BCUT2D eigenvalue weighted by atomic mass is 19.1. The molecule has 0 amide bonds. The first-order valence-electron chi connectivity index (χ1n) is 9.34. The Morgan fingerprint density at radius 2 is 2.00 bits per heavy atom. The predicted molar refractivity (Wildman–Crippen MR) is 96.5 cm³/mol. The van der Waals surface area contributed by atoms with Crippen LogP contribution in [-0.2, 0) is 6.42 Å². The lowest BCUT2D eigenvalue weighted by molar-refractivity contribution is 0.0991. The van der Waals surface area contributed by atoms with Gasteiger partial charge in [0.05, 0.1) is 11.9 Å². The first-order valence-corrected chi connectivity index (χ1v) is 9.34. The third-order valence-electron chi connectivity index (χ3n) is 6.29. The number of fused-ring (bicyclic) bond motifs is 4. The molecule has 3 aliphatic carbocycles. The maximum atomic E-state index is 13.6. The van der Waals surface area contributed by atoms with Gasteiger partial charge in [-0.1, -0.05) is 12.8 Å². The fourth-order valence-corrected chi connectivity index (χ4v) is 5.01. The van der Waals surface area contributed by atoms with E-state index in [9.17, 15) is 4.39 Å². The van der Waals surface area contributed by atoms with E-state index in [1.807, 2.05) is 12.4 Å². The number of nitrogens with zero attached hydrogens (tertiary/aromatic N) is 2. The minimum atomic E-state index is -0.317. The Morgan fingerprint density at radius 3 is 2.80 bits per heavy atom. The van der Waals surface area contributed by atoms with Crippen LogP contribution in [0, 0.1) is 23.6 Å². The zero-order chi connectivity index (χ0) is 16.8. The highest BCUT2D eigenvalue weighted by molar-refractivity contribution is 5.92. The van der Waals surface area contributed by atoms with E-state index in [1.165, 1.54) is 49.9 Å². The molecule has 128 valence electrons. The molecular formula is C21H22FN3. The van der Waals surface area contributed by atoms with Crippen molar-refractivity contribution in [1.82, 2.24) is 15.0 Å². The minimum Gasteiger partial charge on any atom is -0.345 e. The van der Waals surface area contributed by atoms with Crippen LogP contribution in [0.1, 0.15) is 37.7 Å². The highest BCUT2D eigenvalue weighted by Gasteiger charge is 2.35. The Kier molecular flexibility index (Phi) is 3.58. The van der Waals surface area contributed by atoms with Gasteiger partial charge >= 0.3 is 0 Å². The number of aromatic nitrogens is 3. The molecule has 0 saturated heterocycles. The van der Waals surface area contributed by atoms with Gasteiger partial charge in [0, 0.05) is 23.3 Å². The molecule has 1 atom stereocenters. The van der Waals surface area contributed by atoms with Gasteiger partial charge in [0.2, 0.25) is 0 Å². The Labute approximate surface area is 146 Å². The molecule has 3 saturated carbocycles. The lowest BCUT2D eigenvalue weighted by Gasteiger charge is -2.42. The summed E-state index contributed by atoms with van der Waals surface area (Å²) < 4.78 is 13.6. The summed E-state index contributed by atoms with van der Waals surface area (Å²) in [5, 5.41) is 0.793. The van der Waals surface area contributed by atoms with E-state index in [4.69, 9.17) is 0 Å². The number of halogens is 1. The molecule has 3 aliphatic rings. The quantitative estimate of drug-likeness (QED) is 0.720. The van der Waals surface area contributed by atoms with Crippen molar-refractivity contribution >= 4 is 11.0 Å². The number of rotatable bonds is 3. The van der Waals surface area contributed by atoms with E-state index in [2.05, 4.69) is 27.1 Å². The van der Waals surface area contributed by atoms with Crippen LogP contribution >= 0.6 is 0 Å². The topological polar surface area (TPSA) is 41.6 Å². The van der Waals surface area contributed by atoms with Gasteiger partial charge in [0.25, 0.3) is 0 Å². The zero-order valence-corrected chi connectivity index (χ0v) is 14.2. The van der Waals surface area contributed by atoms with Crippen molar-refractivity contribution in [2.24, 2.45) is 17.8 Å². The number of aromatic amines is 1. The summed E-state index contributed by atoms with van der Waals surface area (Å²) in [5.41, 5.74) is 3.88. The molecule has 0 spiro atoms. The molecule has 3 heterocycles. The second kappa shape index (κ2) is 5.94. The second-order valence-electron chi connectivity index (χ2n) is 7.78. The van der Waals surface area contributed by atoms with Crippen LogP contribution in [0.4, 0.5) is 4.39 Å². The molecule has 3 fully saturated rings. The van der Waals surface area contributed by atoms with Crippen molar-refractivity contribution in [2.75, 3.05) is 0 Å². The maximum Gasteiger partial charge on any atom is 0.142 e. The average molecular weight is 335 g/mol. The van der Waals surface area contributed by atoms with Crippen molar-refractivity contribution in [3.05, 3.63) is 48.2 Å². The molecule has 3 aromatic rings. The van der Waals surface area contributed by atoms with E-state index in [1.54, 1.807) is 0 Å². The van der Waals surface area contributed by atoms with Crippen LogP contribution in [0.2, 0.25) is 0 Å². The third kappa shape index (κ3) is 2.74. The Hall–Kier alpha value is -2.23. The molecule has 0 aliphatic heterocycles. The van der Waals surface area contributed by atoms with Crippen molar-refractivity contribution in [1.29, 1.82) is 0 Å². The first-order chi connectivity index (χ1) is 12.3. The van der Waals surface area contributed by atoms with Crippen LogP contribution in [0.25, 0.3) is 22.3 Å². The van der Waals surface area contributed by atoms with Gasteiger partial charge in [-0.15, -0.1) is 0 Å². The second-order valence-corrected chi connectivity index (χ2v) is 7.78. The lowest BCUT2D eigenvalue weighted by atomic mass is 9.63.